The number of rotatable bonds is 5. The molecule has 29 heavy (non-hydrogen) atoms. The second kappa shape index (κ2) is 8.26. The standard InChI is InChI=1S/C19H17BF3NO5/c1-11-15(7-4-13-10-29-20(27)17(11)13)18(26)24-8-16(25)28-9-12-2-5-14(6-3-12)19(21,22)23/h2-7,27H,8-10H2,1H3,(H,24,26). The van der Waals surface area contributed by atoms with E-state index in [9.17, 15) is 27.8 Å². The summed E-state index contributed by atoms with van der Waals surface area (Å²) in [6.45, 7) is 1.31. The van der Waals surface area contributed by atoms with Crippen LogP contribution in [0.4, 0.5) is 13.2 Å². The summed E-state index contributed by atoms with van der Waals surface area (Å²) >= 11 is 0. The second-order valence-electron chi connectivity index (χ2n) is 6.51. The molecule has 3 rings (SSSR count). The molecule has 0 unspecified atom stereocenters. The van der Waals surface area contributed by atoms with Gasteiger partial charge < -0.3 is 19.7 Å². The van der Waals surface area contributed by atoms with E-state index >= 15 is 0 Å². The molecule has 1 amide bonds. The van der Waals surface area contributed by atoms with Gasteiger partial charge in [-0.1, -0.05) is 18.2 Å². The monoisotopic (exact) mass is 407 g/mol. The minimum Gasteiger partial charge on any atom is -0.460 e. The molecule has 0 aliphatic carbocycles. The molecule has 2 N–H and O–H groups in total. The Hall–Kier alpha value is -2.85. The lowest BCUT2D eigenvalue weighted by Crippen LogP contribution is -2.35. The Morgan fingerprint density at radius 3 is 2.55 bits per heavy atom. The Balaban J connectivity index is 1.52. The number of alkyl halides is 3. The number of amides is 1. The van der Waals surface area contributed by atoms with Gasteiger partial charge in [0.2, 0.25) is 0 Å². The fraction of sp³-hybridized carbons (Fsp3) is 0.263. The van der Waals surface area contributed by atoms with E-state index in [2.05, 4.69) is 5.32 Å². The van der Waals surface area contributed by atoms with Gasteiger partial charge in [0.1, 0.15) is 13.2 Å². The summed E-state index contributed by atoms with van der Waals surface area (Å²) in [7, 11) is -1.09. The van der Waals surface area contributed by atoms with Gasteiger partial charge in [-0.05, 0) is 47.3 Å². The Labute approximate surface area is 164 Å². The fourth-order valence-corrected chi connectivity index (χ4v) is 3.00. The van der Waals surface area contributed by atoms with Crippen LogP contribution in [0.15, 0.2) is 36.4 Å². The lowest BCUT2D eigenvalue weighted by Gasteiger charge is -2.11. The van der Waals surface area contributed by atoms with Gasteiger partial charge in [-0.2, -0.15) is 13.2 Å². The van der Waals surface area contributed by atoms with Crippen LogP contribution in [0.3, 0.4) is 0 Å². The Morgan fingerprint density at radius 1 is 1.21 bits per heavy atom. The third kappa shape index (κ3) is 4.77. The molecule has 0 spiro atoms. The number of nitrogens with one attached hydrogen (secondary N) is 1. The largest absolute Gasteiger partial charge is 0.492 e. The second-order valence-corrected chi connectivity index (χ2v) is 6.51. The van der Waals surface area contributed by atoms with Crippen molar-refractivity contribution in [2.45, 2.75) is 26.3 Å². The van der Waals surface area contributed by atoms with Crippen molar-refractivity contribution in [3.8, 4) is 0 Å². The summed E-state index contributed by atoms with van der Waals surface area (Å²) < 4.78 is 47.7. The molecule has 0 radical (unpaired) electrons. The molecule has 10 heteroatoms. The van der Waals surface area contributed by atoms with Gasteiger partial charge in [-0.3, -0.25) is 9.59 Å². The molecule has 0 fully saturated rings. The summed E-state index contributed by atoms with van der Waals surface area (Å²) in [4.78, 5) is 24.2. The van der Waals surface area contributed by atoms with Crippen LogP contribution in [0.5, 0.6) is 0 Å². The molecule has 1 heterocycles. The van der Waals surface area contributed by atoms with Gasteiger partial charge >= 0.3 is 19.3 Å². The highest BCUT2D eigenvalue weighted by molar-refractivity contribution is 6.62. The van der Waals surface area contributed by atoms with E-state index < -0.39 is 37.3 Å². The summed E-state index contributed by atoms with van der Waals surface area (Å²) in [5.74, 6) is -1.25. The topological polar surface area (TPSA) is 84.9 Å². The quantitative estimate of drug-likeness (QED) is 0.583. The molecule has 6 nitrogen and oxygen atoms in total. The van der Waals surface area contributed by atoms with Crippen LogP contribution in [0.25, 0.3) is 0 Å². The Morgan fingerprint density at radius 2 is 1.90 bits per heavy atom. The molecular weight excluding hydrogens is 390 g/mol. The maximum absolute atomic E-state index is 12.5. The first kappa shape index (κ1) is 20.9. The minimum atomic E-state index is -4.43. The van der Waals surface area contributed by atoms with E-state index in [4.69, 9.17) is 9.39 Å². The maximum atomic E-state index is 12.5. The van der Waals surface area contributed by atoms with Crippen molar-refractivity contribution < 1.29 is 37.2 Å². The van der Waals surface area contributed by atoms with Crippen LogP contribution >= 0.6 is 0 Å². The van der Waals surface area contributed by atoms with Crippen LogP contribution < -0.4 is 10.8 Å². The third-order valence-corrected chi connectivity index (χ3v) is 4.57. The van der Waals surface area contributed by atoms with Gasteiger partial charge in [-0.15, -0.1) is 0 Å². The van der Waals surface area contributed by atoms with E-state index in [0.717, 1.165) is 17.7 Å². The van der Waals surface area contributed by atoms with Crippen molar-refractivity contribution >= 4 is 24.5 Å². The van der Waals surface area contributed by atoms with E-state index in [1.165, 1.54) is 12.1 Å². The number of carbonyl (C=O) groups is 2. The number of benzene rings is 2. The SMILES string of the molecule is Cc1c(C(=O)NCC(=O)OCc2ccc(C(F)(F)F)cc2)ccc2c1B(O)OC2. The summed E-state index contributed by atoms with van der Waals surface area (Å²) in [5, 5.41) is 12.3. The summed E-state index contributed by atoms with van der Waals surface area (Å²) in [5.41, 5.74) is 1.79. The van der Waals surface area contributed by atoms with Crippen LogP contribution in [0, 0.1) is 6.92 Å². The first-order valence-electron chi connectivity index (χ1n) is 8.69. The number of carbonyl (C=O) groups excluding carboxylic acids is 2. The van der Waals surface area contributed by atoms with Gasteiger partial charge in [0.05, 0.1) is 12.2 Å². The maximum Gasteiger partial charge on any atom is 0.492 e. The number of hydrogen-bond donors (Lipinski definition) is 2. The minimum absolute atomic E-state index is 0.214. The molecule has 0 atom stereocenters. The van der Waals surface area contributed by atoms with Gasteiger partial charge in [0.25, 0.3) is 5.91 Å². The smallest absolute Gasteiger partial charge is 0.460 e. The summed E-state index contributed by atoms with van der Waals surface area (Å²) in [6, 6.07) is 7.50. The average molecular weight is 407 g/mol. The van der Waals surface area contributed by atoms with E-state index in [-0.39, 0.29) is 13.2 Å². The van der Waals surface area contributed by atoms with Crippen LogP contribution in [0.1, 0.15) is 32.6 Å². The number of halogens is 3. The molecule has 0 saturated heterocycles. The van der Waals surface area contributed by atoms with Gasteiger partial charge in [-0.25, -0.2) is 0 Å². The lowest BCUT2D eigenvalue weighted by atomic mass is 9.75. The molecule has 2 aromatic rings. The first-order valence-corrected chi connectivity index (χ1v) is 8.69. The molecule has 1 aliphatic rings. The highest BCUT2D eigenvalue weighted by atomic mass is 19.4. The van der Waals surface area contributed by atoms with Crippen molar-refractivity contribution in [3.63, 3.8) is 0 Å². The van der Waals surface area contributed by atoms with Crippen LogP contribution in [0.2, 0.25) is 0 Å². The zero-order chi connectivity index (χ0) is 21.2. The highest BCUT2D eigenvalue weighted by Gasteiger charge is 2.31. The first-order chi connectivity index (χ1) is 13.7. The number of hydrogen-bond acceptors (Lipinski definition) is 5. The number of fused-ring (bicyclic) bond motifs is 1. The zero-order valence-corrected chi connectivity index (χ0v) is 15.4. The molecule has 152 valence electrons. The average Bonchev–Trinajstić information content (AvgIpc) is 3.06. The number of esters is 1. The van der Waals surface area contributed by atoms with Crippen molar-refractivity contribution in [1.82, 2.24) is 5.32 Å². The normalized spacial score (nSPS) is 13.2. The van der Waals surface area contributed by atoms with Crippen LogP contribution in [-0.2, 0) is 33.6 Å². The van der Waals surface area contributed by atoms with Crippen molar-refractivity contribution in [1.29, 1.82) is 0 Å². The van der Waals surface area contributed by atoms with Gasteiger partial charge in [0.15, 0.2) is 0 Å². The van der Waals surface area contributed by atoms with Crippen LogP contribution in [-0.4, -0.2) is 30.6 Å². The summed E-state index contributed by atoms with van der Waals surface area (Å²) in [6.07, 6.45) is -4.43. The molecule has 0 bridgehead atoms. The zero-order valence-electron chi connectivity index (χ0n) is 15.4. The number of ether oxygens (including phenoxy) is 1. The van der Waals surface area contributed by atoms with Crippen molar-refractivity contribution in [2.75, 3.05) is 6.54 Å². The van der Waals surface area contributed by atoms with Crippen molar-refractivity contribution in [3.05, 3.63) is 64.2 Å². The Bertz CT molecular complexity index is 931. The van der Waals surface area contributed by atoms with Gasteiger partial charge in [0, 0.05) is 5.56 Å². The fourth-order valence-electron chi connectivity index (χ4n) is 3.00. The predicted octanol–water partition coefficient (Wildman–Crippen LogP) is 1.70. The lowest BCUT2D eigenvalue weighted by molar-refractivity contribution is -0.143. The molecule has 0 aromatic heterocycles. The van der Waals surface area contributed by atoms with Crippen molar-refractivity contribution in [2.24, 2.45) is 0 Å². The molecule has 1 aliphatic heterocycles. The molecule has 2 aromatic carbocycles. The van der Waals surface area contributed by atoms with E-state index in [1.807, 2.05) is 0 Å². The van der Waals surface area contributed by atoms with E-state index in [1.54, 1.807) is 19.1 Å². The highest BCUT2D eigenvalue weighted by Crippen LogP contribution is 2.29. The third-order valence-electron chi connectivity index (χ3n) is 4.57. The molecular formula is C19H17BF3NO5. The van der Waals surface area contributed by atoms with E-state index in [0.29, 0.717) is 22.2 Å². The Kier molecular flexibility index (Phi) is 5.95. The molecule has 0 saturated carbocycles. The predicted molar refractivity (Wildman–Crippen MR) is 97.1 cm³/mol.